The summed E-state index contributed by atoms with van der Waals surface area (Å²) in [6.07, 6.45) is 3.72. The van der Waals surface area contributed by atoms with Gasteiger partial charge in [0.15, 0.2) is 0 Å². The molecule has 0 bridgehead atoms. The molecule has 0 spiro atoms. The van der Waals surface area contributed by atoms with Gasteiger partial charge in [-0.2, -0.15) is 0 Å². The molecule has 0 amide bonds. The maximum absolute atomic E-state index is 4.78. The lowest BCUT2D eigenvalue weighted by atomic mass is 9.78. The van der Waals surface area contributed by atoms with Crippen molar-refractivity contribution in [3.63, 3.8) is 0 Å². The fraction of sp³-hybridized carbons (Fsp3) is 0.533. The zero-order valence-corrected chi connectivity index (χ0v) is 12.0. The fourth-order valence-electron chi connectivity index (χ4n) is 2.70. The molecule has 2 aromatic rings. The average Bonchev–Trinajstić information content (AvgIpc) is 2.75. The van der Waals surface area contributed by atoms with Crippen LogP contribution in [0.4, 0.5) is 0 Å². The maximum Gasteiger partial charge on any atom is 0.0944 e. The minimum atomic E-state index is 0.445. The van der Waals surface area contributed by atoms with Crippen molar-refractivity contribution < 1.29 is 0 Å². The number of thiazole rings is 1. The molecule has 2 heterocycles. The third kappa shape index (κ3) is 2.43. The van der Waals surface area contributed by atoms with Crippen molar-refractivity contribution in [3.05, 3.63) is 29.3 Å². The number of likely N-dealkylation sites (tertiary alicyclic amines) is 1. The van der Waals surface area contributed by atoms with E-state index in [1.807, 2.05) is 11.3 Å². The van der Waals surface area contributed by atoms with Crippen LogP contribution in [-0.2, 0) is 6.42 Å². The normalized spacial score (nSPS) is 20.3. The topological polar surface area (TPSA) is 16.1 Å². The molecule has 1 aromatic carbocycles. The number of piperidine rings is 1. The third-order valence-corrected chi connectivity index (χ3v) is 5.15. The molecule has 0 N–H and O–H groups in total. The molecule has 1 aromatic heterocycles. The lowest BCUT2D eigenvalue weighted by molar-refractivity contribution is 0.139. The molecule has 18 heavy (non-hydrogen) atoms. The summed E-state index contributed by atoms with van der Waals surface area (Å²) in [7, 11) is 2.22. The molecule has 1 fully saturated rings. The highest BCUT2D eigenvalue weighted by Gasteiger charge is 2.30. The lowest BCUT2D eigenvalue weighted by Gasteiger charge is -2.37. The fourth-order valence-corrected chi connectivity index (χ4v) is 3.88. The molecular formula is C15H20N2S. The second kappa shape index (κ2) is 4.63. The minimum absolute atomic E-state index is 0.445. The van der Waals surface area contributed by atoms with E-state index in [-0.39, 0.29) is 0 Å². The lowest BCUT2D eigenvalue weighted by Crippen LogP contribution is -2.37. The Kier molecular flexibility index (Phi) is 3.12. The molecule has 96 valence electrons. The van der Waals surface area contributed by atoms with Crippen LogP contribution in [0.3, 0.4) is 0 Å². The van der Waals surface area contributed by atoms with E-state index >= 15 is 0 Å². The Labute approximate surface area is 113 Å². The first kappa shape index (κ1) is 12.1. The van der Waals surface area contributed by atoms with E-state index < -0.39 is 0 Å². The average molecular weight is 260 g/mol. The van der Waals surface area contributed by atoms with E-state index in [0.717, 1.165) is 11.9 Å². The number of rotatable bonds is 2. The molecule has 0 saturated carbocycles. The Morgan fingerprint density at radius 3 is 2.72 bits per heavy atom. The van der Waals surface area contributed by atoms with E-state index in [1.165, 1.54) is 35.6 Å². The van der Waals surface area contributed by atoms with E-state index in [2.05, 4.69) is 43.1 Å². The quantitative estimate of drug-likeness (QED) is 0.820. The van der Waals surface area contributed by atoms with Crippen LogP contribution < -0.4 is 0 Å². The van der Waals surface area contributed by atoms with Crippen molar-refractivity contribution in [2.24, 2.45) is 5.41 Å². The van der Waals surface area contributed by atoms with Crippen LogP contribution in [0.1, 0.15) is 24.8 Å². The van der Waals surface area contributed by atoms with Gasteiger partial charge in [-0.05, 0) is 50.5 Å². The molecule has 1 saturated heterocycles. The van der Waals surface area contributed by atoms with E-state index in [4.69, 9.17) is 4.98 Å². The zero-order valence-electron chi connectivity index (χ0n) is 11.1. The van der Waals surface area contributed by atoms with Crippen LogP contribution >= 0.6 is 11.3 Å². The highest BCUT2D eigenvalue weighted by atomic mass is 32.1. The van der Waals surface area contributed by atoms with E-state index in [0.29, 0.717) is 5.41 Å². The van der Waals surface area contributed by atoms with Crippen LogP contribution in [0.5, 0.6) is 0 Å². The van der Waals surface area contributed by atoms with Crippen molar-refractivity contribution >= 4 is 21.6 Å². The van der Waals surface area contributed by atoms with Crippen LogP contribution in [0.2, 0.25) is 0 Å². The molecule has 0 unspecified atom stereocenters. The maximum atomic E-state index is 4.78. The summed E-state index contributed by atoms with van der Waals surface area (Å²) in [6.45, 7) is 4.87. The van der Waals surface area contributed by atoms with Crippen molar-refractivity contribution in [1.29, 1.82) is 0 Å². The smallest absolute Gasteiger partial charge is 0.0944 e. The van der Waals surface area contributed by atoms with Gasteiger partial charge in [0.2, 0.25) is 0 Å². The predicted octanol–water partition coefficient (Wildman–Crippen LogP) is 3.57. The van der Waals surface area contributed by atoms with Crippen LogP contribution in [0, 0.1) is 5.41 Å². The van der Waals surface area contributed by atoms with Gasteiger partial charge in [0.1, 0.15) is 0 Å². The van der Waals surface area contributed by atoms with Crippen LogP contribution in [0.25, 0.3) is 10.2 Å². The number of nitrogens with zero attached hydrogens (tertiary/aromatic N) is 2. The summed E-state index contributed by atoms with van der Waals surface area (Å²) in [5.74, 6) is 0. The second-order valence-electron chi connectivity index (χ2n) is 5.87. The predicted molar refractivity (Wildman–Crippen MR) is 78.2 cm³/mol. The summed E-state index contributed by atoms with van der Waals surface area (Å²) in [5, 5.41) is 1.31. The van der Waals surface area contributed by atoms with Crippen molar-refractivity contribution in [2.45, 2.75) is 26.2 Å². The Hall–Kier alpha value is -0.930. The summed E-state index contributed by atoms with van der Waals surface area (Å²) >= 11 is 1.87. The molecule has 0 aliphatic carbocycles. The van der Waals surface area contributed by atoms with Gasteiger partial charge in [-0.1, -0.05) is 19.1 Å². The first-order chi connectivity index (χ1) is 8.65. The van der Waals surface area contributed by atoms with Gasteiger partial charge in [-0.3, -0.25) is 0 Å². The largest absolute Gasteiger partial charge is 0.306 e. The van der Waals surface area contributed by atoms with Gasteiger partial charge in [0.25, 0.3) is 0 Å². The molecule has 0 atom stereocenters. The standard InChI is InChI=1S/C15H20N2S/c1-15(7-9-17(2)10-8-15)11-14-16-12-5-3-4-6-13(12)18-14/h3-6H,7-11H2,1-2H3. The second-order valence-corrected chi connectivity index (χ2v) is 6.98. The number of aromatic nitrogens is 1. The minimum Gasteiger partial charge on any atom is -0.306 e. The molecule has 1 aliphatic rings. The SMILES string of the molecule is CN1CCC(C)(Cc2nc3ccccc3s2)CC1. The molecule has 3 rings (SSSR count). The Bertz CT molecular complexity index is 505. The van der Waals surface area contributed by atoms with Crippen molar-refractivity contribution in [2.75, 3.05) is 20.1 Å². The highest BCUT2D eigenvalue weighted by Crippen LogP contribution is 2.36. The summed E-state index contributed by atoms with van der Waals surface area (Å²) < 4.78 is 1.32. The Balaban J connectivity index is 1.79. The molecule has 3 heteroatoms. The Morgan fingerprint density at radius 2 is 2.00 bits per heavy atom. The summed E-state index contributed by atoms with van der Waals surface area (Å²) in [6, 6.07) is 8.46. The number of para-hydroxylation sites is 1. The number of hydrogen-bond acceptors (Lipinski definition) is 3. The zero-order chi connectivity index (χ0) is 12.6. The molecule has 2 nitrogen and oxygen atoms in total. The van der Waals surface area contributed by atoms with Gasteiger partial charge < -0.3 is 4.90 Å². The first-order valence-electron chi connectivity index (χ1n) is 6.68. The molecule has 0 radical (unpaired) electrons. The van der Waals surface area contributed by atoms with Crippen LogP contribution in [0.15, 0.2) is 24.3 Å². The van der Waals surface area contributed by atoms with E-state index in [1.54, 1.807) is 0 Å². The van der Waals surface area contributed by atoms with Gasteiger partial charge >= 0.3 is 0 Å². The van der Waals surface area contributed by atoms with Gasteiger partial charge in [-0.25, -0.2) is 4.98 Å². The van der Waals surface area contributed by atoms with Gasteiger partial charge in [-0.15, -0.1) is 11.3 Å². The Morgan fingerprint density at radius 1 is 1.28 bits per heavy atom. The summed E-state index contributed by atoms with van der Waals surface area (Å²) in [4.78, 5) is 7.21. The third-order valence-electron chi connectivity index (χ3n) is 4.11. The number of fused-ring (bicyclic) bond motifs is 1. The first-order valence-corrected chi connectivity index (χ1v) is 7.49. The number of hydrogen-bond donors (Lipinski definition) is 0. The van der Waals surface area contributed by atoms with Crippen molar-refractivity contribution in [1.82, 2.24) is 9.88 Å². The van der Waals surface area contributed by atoms with Crippen LogP contribution in [-0.4, -0.2) is 30.0 Å². The van der Waals surface area contributed by atoms with E-state index in [9.17, 15) is 0 Å². The summed E-state index contributed by atoms with van der Waals surface area (Å²) in [5.41, 5.74) is 1.61. The molecule has 1 aliphatic heterocycles. The highest BCUT2D eigenvalue weighted by molar-refractivity contribution is 7.18. The number of benzene rings is 1. The monoisotopic (exact) mass is 260 g/mol. The van der Waals surface area contributed by atoms with Crippen molar-refractivity contribution in [3.8, 4) is 0 Å². The van der Waals surface area contributed by atoms with Gasteiger partial charge in [0, 0.05) is 6.42 Å². The van der Waals surface area contributed by atoms with Gasteiger partial charge in [0.05, 0.1) is 15.2 Å². The molecular weight excluding hydrogens is 240 g/mol.